The third-order valence-corrected chi connectivity index (χ3v) is 6.34. The number of aryl methyl sites for hydroxylation is 3. The van der Waals surface area contributed by atoms with Crippen molar-refractivity contribution in [2.75, 3.05) is 6.54 Å². The van der Waals surface area contributed by atoms with E-state index in [9.17, 15) is 4.79 Å². The summed E-state index contributed by atoms with van der Waals surface area (Å²) in [7, 11) is 0. The average molecular weight is 353 g/mol. The van der Waals surface area contributed by atoms with Crippen molar-refractivity contribution in [3.05, 3.63) is 45.4 Å². The van der Waals surface area contributed by atoms with Crippen molar-refractivity contribution in [3.63, 3.8) is 0 Å². The molecule has 0 aromatic carbocycles. The quantitative estimate of drug-likeness (QED) is 0.843. The number of rotatable bonds is 4. The molecule has 6 heteroatoms. The molecule has 5 rings (SSSR count). The molecule has 6 nitrogen and oxygen atoms in total. The van der Waals surface area contributed by atoms with Gasteiger partial charge in [0, 0.05) is 30.5 Å². The van der Waals surface area contributed by atoms with Crippen molar-refractivity contribution in [2.24, 2.45) is 0 Å². The van der Waals surface area contributed by atoms with Crippen LogP contribution in [-0.2, 0) is 38.9 Å². The summed E-state index contributed by atoms with van der Waals surface area (Å²) in [4.78, 5) is 19.7. The van der Waals surface area contributed by atoms with Crippen molar-refractivity contribution in [1.29, 1.82) is 0 Å². The number of hydrogen-bond acceptors (Lipinski definition) is 4. The summed E-state index contributed by atoms with van der Waals surface area (Å²) in [6.07, 6.45) is 11.3. The second kappa shape index (κ2) is 6.65. The van der Waals surface area contributed by atoms with E-state index < -0.39 is 0 Å². The van der Waals surface area contributed by atoms with E-state index in [1.54, 1.807) is 4.68 Å². The first kappa shape index (κ1) is 16.2. The summed E-state index contributed by atoms with van der Waals surface area (Å²) >= 11 is 0. The van der Waals surface area contributed by atoms with E-state index in [4.69, 9.17) is 4.98 Å². The summed E-state index contributed by atoms with van der Waals surface area (Å²) in [6.45, 7) is 3.80. The van der Waals surface area contributed by atoms with E-state index in [1.807, 2.05) is 6.07 Å². The number of imidazole rings is 1. The van der Waals surface area contributed by atoms with Crippen molar-refractivity contribution < 1.29 is 0 Å². The second-order valence-electron chi connectivity index (χ2n) is 8.03. The van der Waals surface area contributed by atoms with Gasteiger partial charge in [-0.2, -0.15) is 5.10 Å². The maximum Gasteiger partial charge on any atom is 0.267 e. The minimum absolute atomic E-state index is 0.0655. The molecule has 1 aliphatic carbocycles. The highest BCUT2D eigenvalue weighted by Gasteiger charge is 2.28. The number of aromatic nitrogens is 4. The fourth-order valence-electron chi connectivity index (χ4n) is 4.89. The first-order valence-electron chi connectivity index (χ1n) is 10.2. The summed E-state index contributed by atoms with van der Waals surface area (Å²) in [6, 6.07) is 2.20. The molecular formula is C20H27N5O. The normalized spacial score (nSPS) is 22.5. The Kier molecular flexibility index (Phi) is 4.15. The van der Waals surface area contributed by atoms with E-state index in [-0.39, 0.29) is 5.56 Å². The van der Waals surface area contributed by atoms with E-state index in [1.165, 1.54) is 36.3 Å². The van der Waals surface area contributed by atoms with Crippen LogP contribution in [0.5, 0.6) is 0 Å². The lowest BCUT2D eigenvalue weighted by molar-refractivity contribution is 0.208. The molecule has 2 aromatic heterocycles. The fraction of sp³-hybridized carbons (Fsp3) is 0.650. The van der Waals surface area contributed by atoms with E-state index >= 15 is 0 Å². The van der Waals surface area contributed by atoms with Crippen LogP contribution >= 0.6 is 0 Å². The molecule has 1 fully saturated rings. The topological polar surface area (TPSA) is 56.0 Å². The number of fused-ring (bicyclic) bond motifs is 2. The standard InChI is InChI=1S/C20H27N5O/c26-20-11-15-5-3-8-18(15)22-25(20)13-17-7-4-9-23(17)14-19-21-12-16-6-1-2-10-24(16)19/h11-12,17H,1-10,13-14H2. The molecule has 1 saturated heterocycles. The third-order valence-electron chi connectivity index (χ3n) is 6.34. The Morgan fingerprint density at radius 1 is 1.08 bits per heavy atom. The molecule has 1 atom stereocenters. The van der Waals surface area contributed by atoms with Crippen LogP contribution in [0.1, 0.15) is 54.9 Å². The second-order valence-corrected chi connectivity index (χ2v) is 8.03. The predicted molar refractivity (Wildman–Crippen MR) is 99.1 cm³/mol. The molecule has 138 valence electrons. The van der Waals surface area contributed by atoms with Gasteiger partial charge in [-0.3, -0.25) is 9.69 Å². The molecular weight excluding hydrogens is 326 g/mol. The molecule has 4 heterocycles. The highest BCUT2D eigenvalue weighted by atomic mass is 16.1. The van der Waals surface area contributed by atoms with Crippen LogP contribution in [0.3, 0.4) is 0 Å². The van der Waals surface area contributed by atoms with Crippen LogP contribution in [0.25, 0.3) is 0 Å². The largest absolute Gasteiger partial charge is 0.331 e. The smallest absolute Gasteiger partial charge is 0.267 e. The Morgan fingerprint density at radius 2 is 2.04 bits per heavy atom. The first-order chi connectivity index (χ1) is 12.8. The minimum Gasteiger partial charge on any atom is -0.331 e. The first-order valence-corrected chi connectivity index (χ1v) is 10.2. The lowest BCUT2D eigenvalue weighted by atomic mass is 10.1. The molecule has 0 saturated carbocycles. The molecule has 0 N–H and O–H groups in total. The van der Waals surface area contributed by atoms with Crippen LogP contribution in [0.4, 0.5) is 0 Å². The average Bonchev–Trinajstić information content (AvgIpc) is 3.37. The lowest BCUT2D eigenvalue weighted by Gasteiger charge is -2.25. The summed E-state index contributed by atoms with van der Waals surface area (Å²) < 4.78 is 4.13. The van der Waals surface area contributed by atoms with Crippen molar-refractivity contribution in [1.82, 2.24) is 24.2 Å². The van der Waals surface area contributed by atoms with Gasteiger partial charge in [-0.15, -0.1) is 0 Å². The zero-order chi connectivity index (χ0) is 17.5. The van der Waals surface area contributed by atoms with Crippen LogP contribution in [0.2, 0.25) is 0 Å². The Morgan fingerprint density at radius 3 is 3.00 bits per heavy atom. The molecule has 26 heavy (non-hydrogen) atoms. The van der Waals surface area contributed by atoms with Gasteiger partial charge in [0.15, 0.2) is 0 Å². The number of likely N-dealkylation sites (tertiary alicyclic amines) is 1. The van der Waals surface area contributed by atoms with Gasteiger partial charge in [0.25, 0.3) is 5.56 Å². The van der Waals surface area contributed by atoms with Crippen molar-refractivity contribution in [2.45, 2.75) is 77.0 Å². The predicted octanol–water partition coefficient (Wildman–Crippen LogP) is 1.93. The fourth-order valence-corrected chi connectivity index (χ4v) is 4.89. The molecule has 2 aromatic rings. The highest BCUT2D eigenvalue weighted by Crippen LogP contribution is 2.24. The Hall–Kier alpha value is -1.95. The molecule has 1 unspecified atom stereocenters. The molecule has 0 spiro atoms. The molecule has 0 bridgehead atoms. The van der Waals surface area contributed by atoms with Gasteiger partial charge in [-0.05, 0) is 63.5 Å². The zero-order valence-electron chi connectivity index (χ0n) is 15.4. The molecule has 0 amide bonds. The van der Waals surface area contributed by atoms with E-state index in [2.05, 4.69) is 20.8 Å². The van der Waals surface area contributed by atoms with Gasteiger partial charge in [0.2, 0.25) is 0 Å². The Labute approximate surface area is 153 Å². The van der Waals surface area contributed by atoms with E-state index in [0.717, 1.165) is 57.4 Å². The van der Waals surface area contributed by atoms with E-state index in [0.29, 0.717) is 12.6 Å². The minimum atomic E-state index is 0.0655. The molecule has 0 radical (unpaired) electrons. The summed E-state index contributed by atoms with van der Waals surface area (Å²) in [5.41, 5.74) is 3.75. The maximum absolute atomic E-state index is 12.4. The van der Waals surface area contributed by atoms with Gasteiger partial charge in [-0.25, -0.2) is 9.67 Å². The van der Waals surface area contributed by atoms with Crippen LogP contribution in [0.15, 0.2) is 17.1 Å². The number of nitrogens with zero attached hydrogens (tertiary/aromatic N) is 5. The maximum atomic E-state index is 12.4. The number of hydrogen-bond donors (Lipinski definition) is 0. The molecule has 3 aliphatic rings. The van der Waals surface area contributed by atoms with Gasteiger partial charge in [0.05, 0.1) is 18.8 Å². The van der Waals surface area contributed by atoms with Crippen molar-refractivity contribution >= 4 is 0 Å². The van der Waals surface area contributed by atoms with Crippen LogP contribution in [0, 0.1) is 0 Å². The Bertz CT molecular complexity index is 868. The summed E-state index contributed by atoms with van der Waals surface area (Å²) in [5.74, 6) is 1.20. The highest BCUT2D eigenvalue weighted by molar-refractivity contribution is 5.22. The SMILES string of the molecule is O=c1cc2c(nn1CC1CCCN1Cc1ncc3n1CCCC3)CCC2. The monoisotopic (exact) mass is 353 g/mol. The third kappa shape index (κ3) is 2.90. The molecule has 2 aliphatic heterocycles. The van der Waals surface area contributed by atoms with Crippen molar-refractivity contribution in [3.8, 4) is 0 Å². The van der Waals surface area contributed by atoms with Crippen LogP contribution < -0.4 is 5.56 Å². The van der Waals surface area contributed by atoms with Gasteiger partial charge < -0.3 is 4.57 Å². The van der Waals surface area contributed by atoms with Crippen LogP contribution in [-0.4, -0.2) is 36.8 Å². The van der Waals surface area contributed by atoms with Gasteiger partial charge >= 0.3 is 0 Å². The lowest BCUT2D eigenvalue weighted by Crippen LogP contribution is -2.37. The zero-order valence-corrected chi connectivity index (χ0v) is 15.4. The van der Waals surface area contributed by atoms with Gasteiger partial charge in [-0.1, -0.05) is 0 Å². The Balaban J connectivity index is 1.33. The summed E-state index contributed by atoms with van der Waals surface area (Å²) in [5, 5.41) is 4.67. The van der Waals surface area contributed by atoms with Gasteiger partial charge in [0.1, 0.15) is 5.82 Å².